The number of thiazole rings is 1. The fourth-order valence-electron chi connectivity index (χ4n) is 2.65. The molecule has 2 heterocycles. The van der Waals surface area contributed by atoms with Gasteiger partial charge in [0.1, 0.15) is 5.01 Å². The van der Waals surface area contributed by atoms with Gasteiger partial charge in [0.25, 0.3) is 0 Å². The maximum atomic E-state index is 5.66. The molecule has 1 aliphatic rings. The summed E-state index contributed by atoms with van der Waals surface area (Å²) in [7, 11) is 1.74. The lowest BCUT2D eigenvalue weighted by Crippen LogP contribution is -2.44. The highest BCUT2D eigenvalue weighted by Crippen LogP contribution is 2.36. The zero-order chi connectivity index (χ0) is 15.3. The molecule has 0 spiro atoms. The predicted molar refractivity (Wildman–Crippen MR) is 87.0 cm³/mol. The zero-order valence-electron chi connectivity index (χ0n) is 13.7. The predicted octanol–water partition coefficient (Wildman–Crippen LogP) is 3.07. The molecule has 5 heteroatoms. The van der Waals surface area contributed by atoms with Crippen LogP contribution in [-0.2, 0) is 20.4 Å². The van der Waals surface area contributed by atoms with Gasteiger partial charge in [0, 0.05) is 37.7 Å². The minimum Gasteiger partial charge on any atom is -0.383 e. The lowest BCUT2D eigenvalue weighted by Gasteiger charge is -2.32. The fraction of sp³-hybridized carbons (Fsp3) is 0.812. The smallest absolute Gasteiger partial charge is 0.113 e. The van der Waals surface area contributed by atoms with Gasteiger partial charge in [0.15, 0.2) is 0 Å². The summed E-state index contributed by atoms with van der Waals surface area (Å²) >= 11 is 1.78. The molecular weight excluding hydrogens is 284 g/mol. The second kappa shape index (κ2) is 7.18. The lowest BCUT2D eigenvalue weighted by molar-refractivity contribution is 0.133. The minimum absolute atomic E-state index is 0.0524. The van der Waals surface area contributed by atoms with Crippen LogP contribution in [0.25, 0.3) is 0 Å². The van der Waals surface area contributed by atoms with Gasteiger partial charge in [-0.2, -0.15) is 0 Å². The van der Waals surface area contributed by atoms with Crippen LogP contribution in [0.5, 0.6) is 0 Å². The van der Waals surface area contributed by atoms with E-state index in [1.807, 2.05) is 0 Å². The summed E-state index contributed by atoms with van der Waals surface area (Å²) in [6, 6.07) is 0. The van der Waals surface area contributed by atoms with E-state index in [0.29, 0.717) is 0 Å². The third-order valence-corrected chi connectivity index (χ3v) is 5.06. The maximum Gasteiger partial charge on any atom is 0.113 e. The van der Waals surface area contributed by atoms with Crippen molar-refractivity contribution < 1.29 is 9.47 Å². The van der Waals surface area contributed by atoms with Gasteiger partial charge in [-0.1, -0.05) is 20.8 Å². The van der Waals surface area contributed by atoms with Crippen LogP contribution in [0.15, 0.2) is 5.38 Å². The molecule has 0 aliphatic carbocycles. The lowest BCUT2D eigenvalue weighted by atomic mass is 9.90. The zero-order valence-corrected chi connectivity index (χ0v) is 14.5. The second-order valence-electron chi connectivity index (χ2n) is 6.76. The van der Waals surface area contributed by atoms with Crippen LogP contribution >= 0.6 is 11.3 Å². The molecule has 0 radical (unpaired) electrons. The van der Waals surface area contributed by atoms with Crippen LogP contribution in [0.2, 0.25) is 0 Å². The van der Waals surface area contributed by atoms with Crippen molar-refractivity contribution in [3.8, 4) is 0 Å². The van der Waals surface area contributed by atoms with Gasteiger partial charge in [-0.25, -0.2) is 4.98 Å². The van der Waals surface area contributed by atoms with E-state index in [0.717, 1.165) is 45.6 Å². The van der Waals surface area contributed by atoms with E-state index < -0.39 is 0 Å². The van der Waals surface area contributed by atoms with Crippen LogP contribution in [0.4, 0.5) is 0 Å². The topological polar surface area (TPSA) is 43.4 Å². The first-order chi connectivity index (χ1) is 9.98. The monoisotopic (exact) mass is 312 g/mol. The van der Waals surface area contributed by atoms with Crippen molar-refractivity contribution in [1.82, 2.24) is 10.3 Å². The van der Waals surface area contributed by atoms with E-state index in [2.05, 4.69) is 31.5 Å². The van der Waals surface area contributed by atoms with Crippen molar-refractivity contribution in [2.75, 3.05) is 33.5 Å². The molecule has 0 aromatic carbocycles. The molecule has 1 atom stereocenters. The van der Waals surface area contributed by atoms with Crippen molar-refractivity contribution in [3.63, 3.8) is 0 Å². The first-order valence-electron chi connectivity index (χ1n) is 7.76. The highest BCUT2D eigenvalue weighted by Gasteiger charge is 2.36. The Balaban J connectivity index is 2.23. The van der Waals surface area contributed by atoms with Crippen molar-refractivity contribution in [2.45, 2.75) is 51.0 Å². The van der Waals surface area contributed by atoms with Crippen LogP contribution < -0.4 is 5.32 Å². The van der Waals surface area contributed by atoms with Crippen LogP contribution in [0, 0.1) is 0 Å². The number of hydrogen-bond acceptors (Lipinski definition) is 5. The molecule has 21 heavy (non-hydrogen) atoms. The van der Waals surface area contributed by atoms with Crippen molar-refractivity contribution >= 4 is 11.3 Å². The first kappa shape index (κ1) is 16.9. The van der Waals surface area contributed by atoms with Gasteiger partial charge >= 0.3 is 0 Å². The summed E-state index contributed by atoms with van der Waals surface area (Å²) in [5.41, 5.74) is 1.23. The molecule has 0 bridgehead atoms. The van der Waals surface area contributed by atoms with E-state index in [1.165, 1.54) is 10.7 Å². The number of nitrogens with one attached hydrogen (secondary N) is 1. The van der Waals surface area contributed by atoms with E-state index in [9.17, 15) is 0 Å². The Morgan fingerprint density at radius 3 is 2.86 bits per heavy atom. The molecule has 4 nitrogen and oxygen atoms in total. The molecule has 0 saturated carbocycles. The molecule has 120 valence electrons. The Bertz CT molecular complexity index is 432. The van der Waals surface area contributed by atoms with Crippen LogP contribution in [-0.4, -0.2) is 38.5 Å². The number of aromatic nitrogens is 1. The molecule has 1 aromatic rings. The summed E-state index contributed by atoms with van der Waals surface area (Å²) in [4.78, 5) is 4.96. The van der Waals surface area contributed by atoms with Crippen LogP contribution in [0.1, 0.15) is 50.7 Å². The molecule has 1 N–H and O–H groups in total. The Kier molecular flexibility index (Phi) is 5.77. The Labute approximate surface area is 132 Å². The maximum absolute atomic E-state index is 5.66. The Hall–Kier alpha value is -0.490. The Morgan fingerprint density at radius 2 is 2.19 bits per heavy atom. The molecule has 2 rings (SSSR count). The minimum atomic E-state index is -0.0524. The quantitative estimate of drug-likeness (QED) is 0.849. The largest absolute Gasteiger partial charge is 0.383 e. The van der Waals surface area contributed by atoms with Gasteiger partial charge in [0.2, 0.25) is 0 Å². The summed E-state index contributed by atoms with van der Waals surface area (Å²) in [5, 5.41) is 7.11. The molecular formula is C16H28N2O2S. The summed E-state index contributed by atoms with van der Waals surface area (Å²) in [6.45, 7) is 9.86. The third kappa shape index (κ3) is 4.25. The highest BCUT2D eigenvalue weighted by molar-refractivity contribution is 7.09. The van der Waals surface area contributed by atoms with E-state index in [4.69, 9.17) is 14.5 Å². The number of rotatable bonds is 5. The highest BCUT2D eigenvalue weighted by atomic mass is 32.1. The van der Waals surface area contributed by atoms with Gasteiger partial charge < -0.3 is 14.8 Å². The molecule has 0 amide bonds. The molecule has 1 saturated heterocycles. The number of methoxy groups -OCH3 is 1. The van der Waals surface area contributed by atoms with Gasteiger partial charge in [0.05, 0.1) is 17.8 Å². The van der Waals surface area contributed by atoms with E-state index in [-0.39, 0.29) is 11.0 Å². The summed E-state index contributed by atoms with van der Waals surface area (Å²) in [5.74, 6) is 0. The average molecular weight is 312 g/mol. The van der Waals surface area contributed by atoms with E-state index >= 15 is 0 Å². The van der Waals surface area contributed by atoms with E-state index in [1.54, 1.807) is 18.4 Å². The van der Waals surface area contributed by atoms with Gasteiger partial charge in [-0.15, -0.1) is 11.3 Å². The van der Waals surface area contributed by atoms with Crippen molar-refractivity contribution in [1.29, 1.82) is 0 Å². The molecule has 1 unspecified atom stereocenters. The molecule has 1 aliphatic heterocycles. The standard InChI is InChI=1S/C16H28N2O2S/c1-15(2,3)13-12-21-14(18-13)16(17-8-11-19-4)6-5-9-20-10-7-16/h12,17H,5-11H2,1-4H3. The average Bonchev–Trinajstić information content (AvgIpc) is 2.82. The number of ether oxygens (including phenoxy) is 2. The normalized spacial score (nSPS) is 24.0. The molecule has 1 aromatic heterocycles. The summed E-state index contributed by atoms with van der Waals surface area (Å²) < 4.78 is 10.9. The fourth-order valence-corrected chi connectivity index (χ4v) is 3.93. The first-order valence-corrected chi connectivity index (χ1v) is 8.64. The second-order valence-corrected chi connectivity index (χ2v) is 7.61. The number of nitrogens with zero attached hydrogens (tertiary/aromatic N) is 1. The molecule has 1 fully saturated rings. The van der Waals surface area contributed by atoms with Gasteiger partial charge in [-0.3, -0.25) is 0 Å². The third-order valence-electron chi connectivity index (χ3n) is 4.02. The summed E-state index contributed by atoms with van der Waals surface area (Å²) in [6.07, 6.45) is 3.13. The Morgan fingerprint density at radius 1 is 1.38 bits per heavy atom. The van der Waals surface area contributed by atoms with Crippen LogP contribution in [0.3, 0.4) is 0 Å². The number of hydrogen-bond donors (Lipinski definition) is 1. The SMILES string of the molecule is COCCNC1(c2nc(C(C)(C)C)cs2)CCCOCC1. The van der Waals surface area contributed by atoms with Crippen molar-refractivity contribution in [2.24, 2.45) is 0 Å². The van der Waals surface area contributed by atoms with Gasteiger partial charge in [-0.05, 0) is 19.3 Å². The van der Waals surface area contributed by atoms with Crippen molar-refractivity contribution in [3.05, 3.63) is 16.1 Å².